The largest absolute Gasteiger partial charge is 0.480 e. The number of likely N-dealkylation sites (tertiary alicyclic amines) is 1. The molecule has 0 bridgehead atoms. The van der Waals surface area contributed by atoms with Crippen molar-refractivity contribution in [1.82, 2.24) is 31.5 Å². The van der Waals surface area contributed by atoms with Gasteiger partial charge in [0.2, 0.25) is 41.4 Å². The molecular formula is C33H59N11O10. The van der Waals surface area contributed by atoms with Crippen molar-refractivity contribution in [2.24, 2.45) is 39.8 Å². The molecule has 1 rings (SSSR count). The van der Waals surface area contributed by atoms with Crippen LogP contribution >= 0.6 is 0 Å². The van der Waals surface area contributed by atoms with Crippen LogP contribution in [0.4, 0.5) is 0 Å². The maximum absolute atomic E-state index is 13.8. The molecule has 1 aliphatic heterocycles. The summed E-state index contributed by atoms with van der Waals surface area (Å²) in [6, 6.07) is -8.80. The number of aliphatic hydroxyl groups is 1. The van der Waals surface area contributed by atoms with Gasteiger partial charge in [0, 0.05) is 13.1 Å². The van der Waals surface area contributed by atoms with Crippen molar-refractivity contribution in [2.45, 2.75) is 122 Å². The van der Waals surface area contributed by atoms with Crippen LogP contribution < -0.4 is 49.5 Å². The third-order valence-corrected chi connectivity index (χ3v) is 8.38. The van der Waals surface area contributed by atoms with Crippen molar-refractivity contribution >= 4 is 53.3 Å². The maximum Gasteiger partial charge on any atom is 0.326 e. The second-order valence-corrected chi connectivity index (χ2v) is 14.2. The van der Waals surface area contributed by atoms with Crippen LogP contribution in [0.5, 0.6) is 0 Å². The van der Waals surface area contributed by atoms with Gasteiger partial charge in [0.15, 0.2) is 5.96 Å². The molecule has 7 atom stereocenters. The number of nitrogens with two attached hydrogens (primary N) is 4. The summed E-state index contributed by atoms with van der Waals surface area (Å²) < 4.78 is 0. The fourth-order valence-electron chi connectivity index (χ4n) is 5.65. The van der Waals surface area contributed by atoms with Gasteiger partial charge in [0.1, 0.15) is 42.3 Å². The topological polar surface area (TPSA) is 357 Å². The van der Waals surface area contributed by atoms with E-state index in [0.717, 1.165) is 4.90 Å². The van der Waals surface area contributed by atoms with Gasteiger partial charge in [0.05, 0.1) is 13.0 Å². The lowest BCUT2D eigenvalue weighted by Crippen LogP contribution is -2.60. The number of carboxylic acids is 1. The monoisotopic (exact) mass is 769 g/mol. The highest BCUT2D eigenvalue weighted by Gasteiger charge is 2.39. The van der Waals surface area contributed by atoms with E-state index >= 15 is 0 Å². The first-order chi connectivity index (χ1) is 25.2. The number of guanidine groups is 1. The molecule has 1 fully saturated rings. The molecule has 0 saturated carbocycles. The Morgan fingerprint density at radius 2 is 1.24 bits per heavy atom. The van der Waals surface area contributed by atoms with Crippen molar-refractivity contribution in [3.05, 3.63) is 0 Å². The van der Waals surface area contributed by atoms with E-state index in [9.17, 15) is 43.5 Å². The van der Waals surface area contributed by atoms with Crippen LogP contribution in [0.2, 0.25) is 0 Å². The zero-order chi connectivity index (χ0) is 41.3. The van der Waals surface area contributed by atoms with Gasteiger partial charge in [-0.3, -0.25) is 38.6 Å². The Morgan fingerprint density at radius 1 is 0.741 bits per heavy atom. The number of primary amides is 1. The third-order valence-electron chi connectivity index (χ3n) is 8.38. The minimum absolute atomic E-state index is 0.0627. The minimum Gasteiger partial charge on any atom is -0.480 e. The van der Waals surface area contributed by atoms with Gasteiger partial charge in [-0.15, -0.1) is 0 Å². The van der Waals surface area contributed by atoms with Crippen LogP contribution in [0.3, 0.4) is 0 Å². The summed E-state index contributed by atoms with van der Waals surface area (Å²) in [4.78, 5) is 108. The number of aliphatic hydroxyl groups excluding tert-OH is 1. The number of hydrogen-bond donors (Lipinski definition) is 11. The van der Waals surface area contributed by atoms with E-state index in [1.807, 2.05) is 13.8 Å². The first-order valence-electron chi connectivity index (χ1n) is 17.9. The van der Waals surface area contributed by atoms with Crippen molar-refractivity contribution in [3.8, 4) is 0 Å². The number of aliphatic imine (C=N–C) groups is 1. The summed E-state index contributed by atoms with van der Waals surface area (Å²) in [5, 5.41) is 31.4. The van der Waals surface area contributed by atoms with E-state index in [4.69, 9.17) is 28.0 Å². The Hall–Kier alpha value is -5.05. The SMILES string of the molecule is CC(C)C[C@H](NC(=O)[C@H](C)NC(=O)[C@@H](N)CO)C(=O)N[C@@H](CC(C)C)C(=O)N[C@@H](CCCN=C(N)N)C(=O)N[C@@H](CC(N)=O)C(=O)N1CCC[C@H]1C(=O)O. The molecule has 306 valence electrons. The molecule has 0 unspecified atom stereocenters. The molecule has 0 aliphatic carbocycles. The second kappa shape index (κ2) is 22.9. The Labute approximate surface area is 314 Å². The number of carboxylic acid groups (broad SMARTS) is 1. The van der Waals surface area contributed by atoms with Crippen molar-refractivity contribution in [1.29, 1.82) is 0 Å². The standard InChI is InChI=1S/C33H59N11O10/c1-16(2)12-21(41-26(47)18(5)39-27(48)19(34)15-45)30(51)42-22(13-17(3)4)29(50)40-20(8-6-10-38-33(36)37)28(49)43-23(14-25(35)46)31(52)44-11-7-9-24(44)32(53)54/h16-24,45H,6-15,34H2,1-5H3,(H2,35,46)(H,39,48)(H,40,50)(H,41,47)(H,42,51)(H,43,49)(H,53,54)(H4,36,37,38)/t18-,19-,20-,21-,22-,23-,24-/m0/s1. The highest BCUT2D eigenvalue weighted by atomic mass is 16.4. The highest BCUT2D eigenvalue weighted by Crippen LogP contribution is 2.19. The summed E-state index contributed by atoms with van der Waals surface area (Å²) in [5.41, 5.74) is 21.7. The average molecular weight is 770 g/mol. The predicted octanol–water partition coefficient (Wildman–Crippen LogP) is -4.15. The quantitative estimate of drug-likeness (QED) is 0.0267. The fraction of sp³-hybridized carbons (Fsp3) is 0.727. The molecule has 0 spiro atoms. The van der Waals surface area contributed by atoms with Gasteiger partial charge in [-0.05, 0) is 57.3 Å². The molecule has 0 aromatic heterocycles. The third kappa shape index (κ3) is 16.3. The molecule has 21 nitrogen and oxygen atoms in total. The Kier molecular flexibility index (Phi) is 19.9. The lowest BCUT2D eigenvalue weighted by Gasteiger charge is -2.29. The Bertz CT molecular complexity index is 1370. The molecule has 1 aliphatic rings. The smallest absolute Gasteiger partial charge is 0.326 e. The first-order valence-corrected chi connectivity index (χ1v) is 17.9. The van der Waals surface area contributed by atoms with Gasteiger partial charge in [-0.1, -0.05) is 27.7 Å². The molecule has 0 radical (unpaired) electrons. The van der Waals surface area contributed by atoms with Gasteiger partial charge in [0.25, 0.3) is 0 Å². The van der Waals surface area contributed by atoms with E-state index in [1.165, 1.54) is 6.92 Å². The molecule has 15 N–H and O–H groups in total. The van der Waals surface area contributed by atoms with Crippen LogP contribution in [-0.4, -0.2) is 130 Å². The van der Waals surface area contributed by atoms with E-state index < -0.39 is 103 Å². The molecular weight excluding hydrogens is 710 g/mol. The Balaban J connectivity index is 3.32. The zero-order valence-electron chi connectivity index (χ0n) is 31.6. The van der Waals surface area contributed by atoms with Crippen LogP contribution in [0.1, 0.15) is 79.6 Å². The number of nitrogens with zero attached hydrogens (tertiary/aromatic N) is 2. The normalized spacial score (nSPS) is 17.3. The number of amides is 7. The molecule has 54 heavy (non-hydrogen) atoms. The van der Waals surface area contributed by atoms with Crippen LogP contribution in [0.15, 0.2) is 4.99 Å². The molecule has 1 saturated heterocycles. The Morgan fingerprint density at radius 3 is 1.72 bits per heavy atom. The first kappa shape index (κ1) is 47.0. The number of nitrogens with one attached hydrogen (secondary N) is 5. The molecule has 1 heterocycles. The molecule has 7 amide bonds. The van der Waals surface area contributed by atoms with E-state index in [2.05, 4.69) is 31.6 Å². The lowest BCUT2D eigenvalue weighted by atomic mass is 9.99. The van der Waals surface area contributed by atoms with Crippen molar-refractivity contribution in [3.63, 3.8) is 0 Å². The summed E-state index contributed by atoms with van der Waals surface area (Å²) in [7, 11) is 0. The summed E-state index contributed by atoms with van der Waals surface area (Å²) in [6.07, 6.45) is 0.278. The van der Waals surface area contributed by atoms with E-state index in [1.54, 1.807) is 13.8 Å². The summed E-state index contributed by atoms with van der Waals surface area (Å²) in [6.45, 7) is 8.08. The highest BCUT2D eigenvalue weighted by molar-refractivity contribution is 5.98. The molecule has 0 aromatic carbocycles. The van der Waals surface area contributed by atoms with Crippen molar-refractivity contribution < 1.29 is 48.6 Å². The van der Waals surface area contributed by atoms with Gasteiger partial charge >= 0.3 is 5.97 Å². The van der Waals surface area contributed by atoms with Gasteiger partial charge in [-0.25, -0.2) is 4.79 Å². The zero-order valence-corrected chi connectivity index (χ0v) is 31.6. The number of hydrogen-bond acceptors (Lipinski definition) is 11. The summed E-state index contributed by atoms with van der Waals surface area (Å²) >= 11 is 0. The summed E-state index contributed by atoms with van der Waals surface area (Å²) in [5.74, 6) is -7.37. The second-order valence-electron chi connectivity index (χ2n) is 14.2. The van der Waals surface area contributed by atoms with E-state index in [0.29, 0.717) is 6.42 Å². The van der Waals surface area contributed by atoms with Crippen molar-refractivity contribution in [2.75, 3.05) is 19.7 Å². The minimum atomic E-state index is -1.54. The van der Waals surface area contributed by atoms with E-state index in [-0.39, 0.29) is 63.0 Å². The van der Waals surface area contributed by atoms with Gasteiger partial charge < -0.3 is 64.6 Å². The fourth-order valence-corrected chi connectivity index (χ4v) is 5.65. The van der Waals surface area contributed by atoms with Crippen LogP contribution in [-0.2, 0) is 38.4 Å². The number of aliphatic carboxylic acids is 1. The molecule has 0 aromatic rings. The maximum atomic E-state index is 13.8. The van der Waals surface area contributed by atoms with Crippen LogP contribution in [0, 0.1) is 11.8 Å². The van der Waals surface area contributed by atoms with Gasteiger partial charge in [-0.2, -0.15) is 0 Å². The number of carbonyl (C=O) groups excluding carboxylic acids is 7. The number of carbonyl (C=O) groups is 8. The predicted molar refractivity (Wildman–Crippen MR) is 195 cm³/mol. The van der Waals surface area contributed by atoms with Crippen LogP contribution in [0.25, 0.3) is 0 Å². The lowest BCUT2D eigenvalue weighted by molar-refractivity contribution is -0.149. The molecule has 21 heteroatoms. The average Bonchev–Trinajstić information content (AvgIpc) is 3.57. The number of rotatable bonds is 23.